The van der Waals surface area contributed by atoms with Crippen molar-refractivity contribution in [2.45, 2.75) is 10.4 Å². The van der Waals surface area contributed by atoms with E-state index >= 15 is 0 Å². The van der Waals surface area contributed by atoms with Crippen molar-refractivity contribution < 1.29 is 0 Å². The molecule has 7 heavy (non-hydrogen) atoms. The van der Waals surface area contributed by atoms with Crippen LogP contribution >= 0.6 is 0 Å². The van der Waals surface area contributed by atoms with E-state index in [1.165, 1.54) is 10.4 Å². The molecule has 0 aliphatic carbocycles. The zero-order chi connectivity index (χ0) is 5.54. The van der Waals surface area contributed by atoms with Crippen molar-refractivity contribution in [3.05, 3.63) is 25.3 Å². The molecule has 0 spiro atoms. The number of hydrogen-bond acceptors (Lipinski definition) is 0. The fourth-order valence-electron chi connectivity index (χ4n) is 0.287. The molecular formula is C6H11As. The molecule has 0 saturated carbocycles. The van der Waals surface area contributed by atoms with Gasteiger partial charge in [0.05, 0.1) is 0 Å². The molecule has 0 nitrogen and oxygen atoms in total. The number of allylic oxidation sites excluding steroid dienone is 2. The monoisotopic (exact) mass is 158 g/mol. The average molecular weight is 158 g/mol. The van der Waals surface area contributed by atoms with Crippen molar-refractivity contribution in [3.8, 4) is 0 Å². The van der Waals surface area contributed by atoms with Crippen molar-refractivity contribution in [2.75, 3.05) is 0 Å². The molecule has 1 heteroatoms. The quantitative estimate of drug-likeness (QED) is 0.331. The van der Waals surface area contributed by atoms with Crippen LogP contribution in [-0.4, -0.2) is 15.8 Å². The van der Waals surface area contributed by atoms with Crippen molar-refractivity contribution >= 4 is 15.8 Å². The van der Waals surface area contributed by atoms with E-state index in [1.54, 1.807) is 0 Å². The zero-order valence-corrected chi connectivity index (χ0v) is 6.58. The minimum atomic E-state index is 0.278. The summed E-state index contributed by atoms with van der Waals surface area (Å²) < 4.78 is 0. The van der Waals surface area contributed by atoms with Gasteiger partial charge in [0.25, 0.3) is 0 Å². The van der Waals surface area contributed by atoms with Crippen molar-refractivity contribution in [2.24, 2.45) is 0 Å². The van der Waals surface area contributed by atoms with Crippen LogP contribution in [0, 0.1) is 0 Å². The Bertz CT molecular complexity index is 49.2. The first-order chi connectivity index (χ1) is 3.41. The van der Waals surface area contributed by atoms with Crippen LogP contribution in [0.15, 0.2) is 25.3 Å². The Kier molecular flexibility index (Phi) is 6.07. The molecule has 0 saturated heterocycles. The van der Waals surface area contributed by atoms with Crippen LogP contribution < -0.4 is 0 Å². The molecule has 0 heterocycles. The molecule has 0 atom stereocenters. The van der Waals surface area contributed by atoms with Gasteiger partial charge in [-0.3, -0.25) is 0 Å². The molecule has 0 N–H and O–H groups in total. The Morgan fingerprint density at radius 1 is 1.14 bits per heavy atom. The Morgan fingerprint density at radius 3 is 1.86 bits per heavy atom. The first kappa shape index (κ1) is 7.04. The van der Waals surface area contributed by atoms with Crippen LogP contribution in [0.5, 0.6) is 0 Å². The van der Waals surface area contributed by atoms with Crippen LogP contribution in [0.2, 0.25) is 10.4 Å². The van der Waals surface area contributed by atoms with E-state index in [-0.39, 0.29) is 15.8 Å². The van der Waals surface area contributed by atoms with Gasteiger partial charge < -0.3 is 0 Å². The second-order valence-electron chi connectivity index (χ2n) is 1.24. The zero-order valence-electron chi connectivity index (χ0n) is 4.48. The van der Waals surface area contributed by atoms with Crippen LogP contribution in [0.25, 0.3) is 0 Å². The van der Waals surface area contributed by atoms with E-state index in [4.69, 9.17) is 0 Å². The van der Waals surface area contributed by atoms with Gasteiger partial charge in [-0.1, -0.05) is 0 Å². The summed E-state index contributed by atoms with van der Waals surface area (Å²) in [5.74, 6) is 0. The van der Waals surface area contributed by atoms with E-state index in [1.807, 2.05) is 12.2 Å². The molecule has 40 valence electrons. The third-order valence-electron chi connectivity index (χ3n) is 0.577. The van der Waals surface area contributed by atoms with E-state index in [0.717, 1.165) is 0 Å². The molecule has 0 rings (SSSR count). The van der Waals surface area contributed by atoms with E-state index in [0.29, 0.717) is 0 Å². The molecule has 0 fully saturated rings. The fraction of sp³-hybridized carbons (Fsp3) is 0.333. The van der Waals surface area contributed by atoms with Gasteiger partial charge in [0.2, 0.25) is 0 Å². The van der Waals surface area contributed by atoms with Gasteiger partial charge in [-0.15, -0.1) is 0 Å². The summed E-state index contributed by atoms with van der Waals surface area (Å²) in [6.45, 7) is 7.26. The average Bonchev–Trinajstić information content (AvgIpc) is 1.69. The molecule has 0 bridgehead atoms. The van der Waals surface area contributed by atoms with E-state index < -0.39 is 0 Å². The predicted octanol–water partition coefficient (Wildman–Crippen LogP) is 1.63. The van der Waals surface area contributed by atoms with Crippen molar-refractivity contribution in [3.63, 3.8) is 0 Å². The van der Waals surface area contributed by atoms with Gasteiger partial charge >= 0.3 is 51.5 Å². The predicted molar refractivity (Wildman–Crippen MR) is 37.2 cm³/mol. The molecule has 0 aromatic rings. The molecule has 0 aromatic heterocycles. The van der Waals surface area contributed by atoms with E-state index in [2.05, 4.69) is 13.2 Å². The van der Waals surface area contributed by atoms with Gasteiger partial charge in [0, 0.05) is 0 Å². The molecule has 0 aromatic carbocycles. The second-order valence-corrected chi connectivity index (χ2v) is 4.00. The van der Waals surface area contributed by atoms with Crippen LogP contribution in [0.4, 0.5) is 0 Å². The summed E-state index contributed by atoms with van der Waals surface area (Å²) in [5, 5.41) is 2.48. The summed E-state index contributed by atoms with van der Waals surface area (Å²) >= 11 is 0.278. The van der Waals surface area contributed by atoms with E-state index in [9.17, 15) is 0 Å². The molecule has 0 aliphatic heterocycles. The maximum absolute atomic E-state index is 3.63. The van der Waals surface area contributed by atoms with Crippen LogP contribution in [-0.2, 0) is 0 Å². The Morgan fingerprint density at radius 2 is 1.57 bits per heavy atom. The van der Waals surface area contributed by atoms with Crippen molar-refractivity contribution in [1.29, 1.82) is 0 Å². The third kappa shape index (κ3) is 6.04. The SMILES string of the molecule is C=CC[AsH]CC=C. The molecule has 0 unspecified atom stereocenters. The van der Waals surface area contributed by atoms with Crippen LogP contribution in [0.1, 0.15) is 0 Å². The number of hydrogen-bond donors (Lipinski definition) is 0. The standard InChI is InChI=1S/C6H11As/c1-3-5-7-6-4-2/h3-4,7H,1-2,5-6H2. The molecule has 0 radical (unpaired) electrons. The van der Waals surface area contributed by atoms with Gasteiger partial charge in [0.15, 0.2) is 0 Å². The fourth-order valence-corrected chi connectivity index (χ4v) is 1.49. The molecule has 0 amide bonds. The summed E-state index contributed by atoms with van der Waals surface area (Å²) in [6, 6.07) is 0. The second kappa shape index (κ2) is 6.04. The summed E-state index contributed by atoms with van der Waals surface area (Å²) in [5.41, 5.74) is 0. The Labute approximate surface area is 52.0 Å². The van der Waals surface area contributed by atoms with Gasteiger partial charge in [-0.2, -0.15) is 0 Å². The topological polar surface area (TPSA) is 0 Å². The number of rotatable bonds is 4. The minimum absolute atomic E-state index is 0.278. The summed E-state index contributed by atoms with van der Waals surface area (Å²) in [4.78, 5) is 0. The summed E-state index contributed by atoms with van der Waals surface area (Å²) in [6.07, 6.45) is 3.98. The van der Waals surface area contributed by atoms with Crippen LogP contribution in [0.3, 0.4) is 0 Å². The first-order valence-corrected chi connectivity index (χ1v) is 5.31. The first-order valence-electron chi connectivity index (χ1n) is 2.34. The normalized spacial score (nSPS) is 8.00. The molecular weight excluding hydrogens is 147 g/mol. The maximum atomic E-state index is 3.63. The molecule has 0 aliphatic rings. The third-order valence-corrected chi connectivity index (χ3v) is 3.00. The van der Waals surface area contributed by atoms with Crippen molar-refractivity contribution in [1.82, 2.24) is 0 Å². The Hall–Kier alpha value is 0.0384. The van der Waals surface area contributed by atoms with Gasteiger partial charge in [0.1, 0.15) is 0 Å². The van der Waals surface area contributed by atoms with Gasteiger partial charge in [-0.25, -0.2) is 0 Å². The Balaban J connectivity index is 2.68. The summed E-state index contributed by atoms with van der Waals surface area (Å²) in [7, 11) is 0. The van der Waals surface area contributed by atoms with Gasteiger partial charge in [-0.05, 0) is 0 Å².